The van der Waals surface area contributed by atoms with E-state index in [2.05, 4.69) is 11.1 Å². The predicted molar refractivity (Wildman–Crippen MR) is 92.4 cm³/mol. The molecule has 4 rings (SSSR count). The maximum Gasteiger partial charge on any atom is 0.217 e. The number of nitrogens with zero attached hydrogens (tertiary/aromatic N) is 1. The highest BCUT2D eigenvalue weighted by molar-refractivity contribution is 6.01. The van der Waals surface area contributed by atoms with Crippen LogP contribution in [-0.2, 0) is 6.42 Å². The van der Waals surface area contributed by atoms with E-state index in [0.29, 0.717) is 5.92 Å². The van der Waals surface area contributed by atoms with Crippen molar-refractivity contribution in [3.63, 3.8) is 0 Å². The van der Waals surface area contributed by atoms with Crippen LogP contribution in [0, 0.1) is 11.8 Å². The Kier molecular flexibility index (Phi) is 4.23. The summed E-state index contributed by atoms with van der Waals surface area (Å²) in [7, 11) is 0. The quantitative estimate of drug-likeness (QED) is 0.877. The van der Waals surface area contributed by atoms with E-state index in [0.717, 1.165) is 73.0 Å². The van der Waals surface area contributed by atoms with Gasteiger partial charge in [-0.15, -0.1) is 0 Å². The lowest BCUT2D eigenvalue weighted by atomic mass is 9.79. The van der Waals surface area contributed by atoms with Gasteiger partial charge in [0.25, 0.3) is 0 Å². The zero-order chi connectivity index (χ0) is 16.5. The average molecular weight is 325 g/mol. The molecule has 0 radical (unpaired) electrons. The molecule has 1 aromatic carbocycles. The highest BCUT2D eigenvalue weighted by Crippen LogP contribution is 2.32. The van der Waals surface area contributed by atoms with Gasteiger partial charge in [0.2, 0.25) is 5.88 Å². The molecule has 1 aliphatic heterocycles. The van der Waals surface area contributed by atoms with Crippen LogP contribution in [0.15, 0.2) is 24.3 Å². The molecule has 1 N–H and O–H groups in total. The molecule has 2 heterocycles. The summed E-state index contributed by atoms with van der Waals surface area (Å²) in [6.45, 7) is 0.980. The topological polar surface area (TPSA) is 59.4 Å². The normalized spacial score (nSPS) is 23.5. The van der Waals surface area contributed by atoms with Gasteiger partial charge in [0.05, 0.1) is 12.1 Å². The van der Waals surface area contributed by atoms with Crippen LogP contribution in [-0.4, -0.2) is 29.1 Å². The van der Waals surface area contributed by atoms with Crippen LogP contribution >= 0.6 is 0 Å². The van der Waals surface area contributed by atoms with E-state index in [4.69, 9.17) is 4.74 Å². The number of hydrogen-bond acceptors (Lipinski definition) is 4. The lowest BCUT2D eigenvalue weighted by molar-refractivity contribution is 0.0846. The van der Waals surface area contributed by atoms with E-state index in [-0.39, 0.29) is 18.3 Å². The zero-order valence-corrected chi connectivity index (χ0v) is 13.8. The number of carbonyl (C=O) groups is 1. The van der Waals surface area contributed by atoms with Crippen LogP contribution in [0.1, 0.15) is 48.0 Å². The molecule has 0 unspecified atom stereocenters. The molecule has 0 atom stereocenters. The summed E-state index contributed by atoms with van der Waals surface area (Å²) in [6, 6.07) is 7.93. The van der Waals surface area contributed by atoms with Crippen molar-refractivity contribution in [3.05, 3.63) is 35.4 Å². The van der Waals surface area contributed by atoms with E-state index >= 15 is 0 Å². The van der Waals surface area contributed by atoms with E-state index < -0.39 is 0 Å². The van der Waals surface area contributed by atoms with E-state index in [1.165, 1.54) is 0 Å². The smallest absolute Gasteiger partial charge is 0.217 e. The van der Waals surface area contributed by atoms with E-state index in [1.807, 2.05) is 18.2 Å². The van der Waals surface area contributed by atoms with Crippen molar-refractivity contribution in [3.8, 4) is 5.88 Å². The molecule has 1 fully saturated rings. The Balaban J connectivity index is 1.59. The first kappa shape index (κ1) is 15.6. The Labute approximate surface area is 141 Å². The second kappa shape index (κ2) is 6.52. The third kappa shape index (κ3) is 2.91. The minimum atomic E-state index is 0.0965. The van der Waals surface area contributed by atoms with Gasteiger partial charge < -0.3 is 9.84 Å². The maximum atomic E-state index is 12.8. The summed E-state index contributed by atoms with van der Waals surface area (Å²) in [6.07, 6.45) is 5.69. The van der Waals surface area contributed by atoms with Crippen LogP contribution in [0.5, 0.6) is 5.88 Å². The van der Waals surface area contributed by atoms with Crippen molar-refractivity contribution < 1.29 is 14.6 Å². The number of pyridine rings is 1. The number of ketones is 1. The molecule has 0 spiro atoms. The van der Waals surface area contributed by atoms with Crippen molar-refractivity contribution in [1.29, 1.82) is 0 Å². The molecule has 126 valence electrons. The zero-order valence-electron chi connectivity index (χ0n) is 13.8. The lowest BCUT2D eigenvalue weighted by Gasteiger charge is -2.26. The van der Waals surface area contributed by atoms with Gasteiger partial charge in [-0.3, -0.25) is 4.79 Å². The average Bonchev–Trinajstić information content (AvgIpc) is 2.65. The summed E-state index contributed by atoms with van der Waals surface area (Å²) in [5.74, 6) is 1.46. The highest BCUT2D eigenvalue weighted by Gasteiger charge is 2.27. The number of Topliss-reactive ketones (excluding diaryl/α,β-unsaturated/α-hetero) is 1. The van der Waals surface area contributed by atoms with Crippen molar-refractivity contribution in [2.45, 2.75) is 38.5 Å². The minimum absolute atomic E-state index is 0.0965. The first-order valence-corrected chi connectivity index (χ1v) is 8.96. The van der Waals surface area contributed by atoms with Gasteiger partial charge in [0.1, 0.15) is 0 Å². The monoisotopic (exact) mass is 325 g/mol. The molecular weight excluding hydrogens is 302 g/mol. The number of rotatable bonds is 3. The minimum Gasteiger partial charge on any atom is -0.477 e. The third-order valence-corrected chi connectivity index (χ3v) is 5.44. The van der Waals surface area contributed by atoms with Crippen LogP contribution < -0.4 is 4.74 Å². The van der Waals surface area contributed by atoms with Crippen molar-refractivity contribution in [2.75, 3.05) is 13.2 Å². The third-order valence-electron chi connectivity index (χ3n) is 5.44. The molecule has 2 aliphatic rings. The van der Waals surface area contributed by atoms with Crippen LogP contribution in [0.4, 0.5) is 0 Å². The summed E-state index contributed by atoms with van der Waals surface area (Å²) < 4.78 is 5.63. The van der Waals surface area contributed by atoms with Gasteiger partial charge in [0, 0.05) is 29.0 Å². The molecule has 1 aliphatic carbocycles. The number of aliphatic hydroxyl groups is 1. The number of carbonyl (C=O) groups excluding carboxylic acids is 1. The molecule has 4 heteroatoms. The number of aliphatic hydroxyl groups excluding tert-OH is 1. The number of ether oxygens (including phenoxy) is 1. The molecule has 0 saturated heterocycles. The van der Waals surface area contributed by atoms with Crippen LogP contribution in [0.2, 0.25) is 0 Å². The summed E-state index contributed by atoms with van der Waals surface area (Å²) >= 11 is 0. The summed E-state index contributed by atoms with van der Waals surface area (Å²) in [5, 5.41) is 10.3. The summed E-state index contributed by atoms with van der Waals surface area (Å²) in [4.78, 5) is 17.4. The van der Waals surface area contributed by atoms with Crippen molar-refractivity contribution in [2.24, 2.45) is 11.8 Å². The first-order valence-electron chi connectivity index (χ1n) is 8.96. The number of aromatic nitrogens is 1. The Morgan fingerprint density at radius 3 is 2.83 bits per heavy atom. The predicted octanol–water partition coefficient (Wildman–Crippen LogP) is 3.54. The summed E-state index contributed by atoms with van der Waals surface area (Å²) in [5.41, 5.74) is 2.81. The van der Waals surface area contributed by atoms with Crippen molar-refractivity contribution in [1.82, 2.24) is 4.98 Å². The number of aryl methyl sites for hydroxylation is 1. The second-order valence-corrected chi connectivity index (χ2v) is 7.08. The van der Waals surface area contributed by atoms with Crippen molar-refractivity contribution >= 4 is 16.7 Å². The van der Waals surface area contributed by atoms with Gasteiger partial charge in [-0.1, -0.05) is 0 Å². The molecule has 0 amide bonds. The Hall–Kier alpha value is -1.94. The number of fused-ring (bicyclic) bond motifs is 2. The lowest BCUT2D eigenvalue weighted by Crippen LogP contribution is -2.23. The molecule has 1 aromatic heterocycles. The molecule has 0 bridgehead atoms. The van der Waals surface area contributed by atoms with Crippen LogP contribution in [0.25, 0.3) is 10.9 Å². The molecular formula is C20H23NO3. The highest BCUT2D eigenvalue weighted by atomic mass is 16.5. The van der Waals surface area contributed by atoms with Gasteiger partial charge in [-0.25, -0.2) is 4.98 Å². The standard InChI is InChI=1S/C20H23NO3/c22-12-13-3-5-14(6-4-13)19(23)15-7-8-18-17(10-15)11-16-2-1-9-24-20(16)21-18/h7-8,10-11,13-14,22H,1-6,9,12H2. The molecule has 1 saturated carbocycles. The maximum absolute atomic E-state index is 12.8. The fraction of sp³-hybridized carbons (Fsp3) is 0.500. The van der Waals surface area contributed by atoms with Gasteiger partial charge in [0.15, 0.2) is 5.78 Å². The largest absolute Gasteiger partial charge is 0.477 e. The van der Waals surface area contributed by atoms with E-state index in [9.17, 15) is 9.90 Å². The van der Waals surface area contributed by atoms with Crippen LogP contribution in [0.3, 0.4) is 0 Å². The van der Waals surface area contributed by atoms with Gasteiger partial charge in [-0.2, -0.15) is 0 Å². The Morgan fingerprint density at radius 2 is 2.04 bits per heavy atom. The SMILES string of the molecule is O=C(c1ccc2nc3c(cc2c1)CCCO3)C1CCC(CO)CC1. The fourth-order valence-electron chi connectivity index (χ4n) is 3.93. The Bertz CT molecular complexity index is 763. The van der Waals surface area contributed by atoms with E-state index in [1.54, 1.807) is 0 Å². The number of benzene rings is 1. The fourth-order valence-corrected chi connectivity index (χ4v) is 3.93. The van der Waals surface area contributed by atoms with Gasteiger partial charge in [-0.05, 0) is 68.7 Å². The molecule has 24 heavy (non-hydrogen) atoms. The second-order valence-electron chi connectivity index (χ2n) is 7.08. The molecule has 2 aromatic rings. The first-order chi connectivity index (χ1) is 11.7. The van der Waals surface area contributed by atoms with Gasteiger partial charge >= 0.3 is 0 Å². The Morgan fingerprint density at radius 1 is 1.21 bits per heavy atom. The number of hydrogen-bond donors (Lipinski definition) is 1. The molecule has 4 nitrogen and oxygen atoms in total.